The van der Waals surface area contributed by atoms with Crippen LogP contribution in [0.2, 0.25) is 0 Å². The second-order valence-electron chi connectivity index (χ2n) is 17.4. The van der Waals surface area contributed by atoms with Crippen molar-refractivity contribution in [2.45, 2.75) is 69.4 Å². The molecule has 9 atom stereocenters. The van der Waals surface area contributed by atoms with Gasteiger partial charge in [0.2, 0.25) is 11.7 Å². The van der Waals surface area contributed by atoms with Crippen LogP contribution in [0.1, 0.15) is 66.9 Å². The summed E-state index contributed by atoms with van der Waals surface area (Å²) in [5.74, 6) is -5.37. The molecule has 0 bridgehead atoms. The number of nitrogens with one attached hydrogen (secondary N) is 1. The number of esters is 2. The van der Waals surface area contributed by atoms with Gasteiger partial charge in [-0.1, -0.05) is 48.9 Å². The Morgan fingerprint density at radius 1 is 0.968 bits per heavy atom. The molecular weight excluding hydrogens is 810 g/mol. The van der Waals surface area contributed by atoms with Crippen LogP contribution in [-0.4, -0.2) is 81.7 Å². The number of allylic oxidation sites excluding steroid dienone is 4. The number of ketones is 2. The molecule has 0 aliphatic heterocycles. The van der Waals surface area contributed by atoms with Gasteiger partial charge in [-0.15, -0.1) is 0 Å². The minimum Gasteiger partial charge on any atom is -0.482 e. The molecule has 1 heterocycles. The standard InChI is InChI=1S/C49H50FN3O10/c1-28-19-38-40-14-10-34-21-36(54)15-17-47(34,2)49(40,50)42(55)22-41(38)48(28,60)43(56)26-63-46(59)31-8-12-37(13-9-31)61-27-44(57)62-25-29-3-5-30(6-4-29)39(23-51)45(58)53-35-11-7-33-24-52-18-16-32(33)20-35/h3-9,11-13,15-18,20-21,24,28,38-42,55,60H,10,14,19,22-23,25-27,51H2,1-2H3,(H,53,58)/t28-,38+,39-,40+,41+,42+,47+,48-,49+/m1/s1. The monoisotopic (exact) mass is 859 g/mol. The predicted octanol–water partition coefficient (Wildman–Crippen LogP) is 5.72. The van der Waals surface area contributed by atoms with Crippen molar-refractivity contribution in [3.05, 3.63) is 126 Å². The van der Waals surface area contributed by atoms with Crippen LogP contribution in [0.15, 0.2) is 109 Å². The van der Waals surface area contributed by atoms with Crippen LogP contribution in [0.3, 0.4) is 0 Å². The predicted molar refractivity (Wildman–Crippen MR) is 229 cm³/mol. The topological polar surface area (TPSA) is 204 Å². The highest BCUT2D eigenvalue weighted by Crippen LogP contribution is 2.66. The molecular formula is C49H50FN3O10. The van der Waals surface area contributed by atoms with Crippen molar-refractivity contribution in [2.24, 2.45) is 34.8 Å². The molecule has 0 unspecified atom stereocenters. The van der Waals surface area contributed by atoms with Crippen molar-refractivity contribution < 1.29 is 52.8 Å². The Hall–Kier alpha value is -6.09. The summed E-state index contributed by atoms with van der Waals surface area (Å²) in [5.41, 5.74) is 3.55. The Labute approximate surface area is 363 Å². The van der Waals surface area contributed by atoms with Crippen LogP contribution in [-0.2, 0) is 35.3 Å². The molecule has 1 amide bonds. The van der Waals surface area contributed by atoms with Gasteiger partial charge in [0.05, 0.1) is 17.6 Å². The number of pyridine rings is 1. The Balaban J connectivity index is 0.794. The second-order valence-corrected chi connectivity index (χ2v) is 17.4. The maximum absolute atomic E-state index is 17.3. The number of ether oxygens (including phenoxy) is 3. The zero-order valence-corrected chi connectivity index (χ0v) is 35.0. The number of hydrogen-bond acceptors (Lipinski definition) is 12. The number of anilines is 1. The summed E-state index contributed by atoms with van der Waals surface area (Å²) in [4.78, 5) is 68.6. The maximum atomic E-state index is 17.3. The average molecular weight is 860 g/mol. The molecule has 0 spiro atoms. The summed E-state index contributed by atoms with van der Waals surface area (Å²) in [6.07, 6.45) is 7.33. The molecule has 1 aromatic heterocycles. The fourth-order valence-corrected chi connectivity index (χ4v) is 10.6. The van der Waals surface area contributed by atoms with Gasteiger partial charge in [0, 0.05) is 47.3 Å². The summed E-state index contributed by atoms with van der Waals surface area (Å²) in [6.45, 7) is 2.34. The van der Waals surface area contributed by atoms with Crippen LogP contribution in [0.5, 0.6) is 5.75 Å². The summed E-state index contributed by atoms with van der Waals surface area (Å²) in [6, 6.07) is 20.2. The number of nitrogens with two attached hydrogens (primary N) is 1. The number of aliphatic hydroxyl groups is 2. The van der Waals surface area contributed by atoms with E-state index in [2.05, 4.69) is 10.3 Å². The number of nitrogens with zero attached hydrogens (tertiary/aromatic N) is 1. The highest BCUT2D eigenvalue weighted by molar-refractivity contribution is 6.01. The van der Waals surface area contributed by atoms with E-state index in [1.165, 1.54) is 36.4 Å². The van der Waals surface area contributed by atoms with Gasteiger partial charge in [-0.25, -0.2) is 14.0 Å². The van der Waals surface area contributed by atoms with Gasteiger partial charge in [-0.05, 0) is 116 Å². The molecule has 8 rings (SSSR count). The highest BCUT2D eigenvalue weighted by Gasteiger charge is 2.71. The normalized spacial score (nSPS) is 28.8. The molecule has 5 N–H and O–H groups in total. The molecule has 63 heavy (non-hydrogen) atoms. The minimum atomic E-state index is -2.09. The molecule has 3 saturated carbocycles. The second kappa shape index (κ2) is 17.2. The first kappa shape index (κ1) is 43.6. The van der Waals surface area contributed by atoms with Crippen LogP contribution in [0.4, 0.5) is 10.1 Å². The third kappa shape index (κ3) is 7.96. The van der Waals surface area contributed by atoms with E-state index in [0.717, 1.165) is 10.8 Å². The van der Waals surface area contributed by atoms with E-state index in [1.54, 1.807) is 56.6 Å². The molecule has 4 aromatic rings. The Kier molecular flexibility index (Phi) is 11.9. The number of amides is 1. The van der Waals surface area contributed by atoms with Crippen molar-refractivity contribution in [1.82, 2.24) is 4.98 Å². The van der Waals surface area contributed by atoms with E-state index in [9.17, 15) is 34.2 Å². The number of carbonyl (C=O) groups excluding carboxylic acids is 5. The smallest absolute Gasteiger partial charge is 0.344 e. The SMILES string of the molecule is C[C@@H]1C[C@@H]2[C@H](C[C@H](O)[C@@]3(F)[C@H]2CCC2=CC(=O)C=C[C@@]23C)[C@@]1(O)C(=O)COC(=O)c1ccc(OCC(=O)OCc2ccc([C@@H](CN)C(=O)Nc3ccc4cnccc4c3)cc2)cc1. The average Bonchev–Trinajstić information content (AvgIpc) is 3.54. The fraction of sp³-hybridized carbons (Fsp3) is 0.388. The summed E-state index contributed by atoms with van der Waals surface area (Å²) >= 11 is 0. The largest absolute Gasteiger partial charge is 0.482 e. The van der Waals surface area contributed by atoms with Gasteiger partial charge in [-0.2, -0.15) is 0 Å². The van der Waals surface area contributed by atoms with E-state index in [1.807, 2.05) is 24.3 Å². The van der Waals surface area contributed by atoms with Gasteiger partial charge in [0.15, 0.2) is 24.7 Å². The number of benzene rings is 3. The van der Waals surface area contributed by atoms with Crippen LogP contribution < -0.4 is 15.8 Å². The number of hydrogen-bond donors (Lipinski definition) is 4. The van der Waals surface area contributed by atoms with Crippen LogP contribution >= 0.6 is 0 Å². The molecule has 4 aliphatic carbocycles. The van der Waals surface area contributed by atoms with Gasteiger partial charge in [0.25, 0.3) is 0 Å². The summed E-state index contributed by atoms with van der Waals surface area (Å²) < 4.78 is 33.6. The number of rotatable bonds is 13. The van der Waals surface area contributed by atoms with Crippen LogP contribution in [0, 0.1) is 29.1 Å². The summed E-state index contributed by atoms with van der Waals surface area (Å²) in [7, 11) is 0. The van der Waals surface area contributed by atoms with E-state index < -0.39 is 83.3 Å². The van der Waals surface area contributed by atoms with Gasteiger partial charge in [0.1, 0.15) is 18.0 Å². The highest BCUT2D eigenvalue weighted by atomic mass is 19.1. The molecule has 14 heteroatoms. The van der Waals surface area contributed by atoms with Crippen molar-refractivity contribution in [3.8, 4) is 5.75 Å². The minimum absolute atomic E-state index is 0.0385. The van der Waals surface area contributed by atoms with Gasteiger partial charge in [-0.3, -0.25) is 19.4 Å². The number of carbonyl (C=O) groups is 5. The first-order valence-electron chi connectivity index (χ1n) is 21.2. The third-order valence-corrected chi connectivity index (χ3v) is 14.0. The number of alkyl halides is 1. The lowest BCUT2D eigenvalue weighted by atomic mass is 9.48. The third-order valence-electron chi connectivity index (χ3n) is 14.0. The number of aliphatic hydroxyl groups excluding tert-OH is 1. The first-order valence-corrected chi connectivity index (χ1v) is 21.2. The fourth-order valence-electron chi connectivity index (χ4n) is 10.6. The lowest BCUT2D eigenvalue weighted by molar-refractivity contribution is -0.191. The Morgan fingerprint density at radius 3 is 2.48 bits per heavy atom. The quantitative estimate of drug-likeness (QED) is 0.119. The zero-order valence-electron chi connectivity index (χ0n) is 35.0. The molecule has 328 valence electrons. The number of halogens is 1. The molecule has 3 aromatic carbocycles. The van der Waals surface area contributed by atoms with Crippen molar-refractivity contribution in [2.75, 3.05) is 25.1 Å². The van der Waals surface area contributed by atoms with Crippen molar-refractivity contribution >= 4 is 45.9 Å². The van der Waals surface area contributed by atoms with E-state index in [0.29, 0.717) is 41.6 Å². The Morgan fingerprint density at radius 2 is 1.73 bits per heavy atom. The van der Waals surface area contributed by atoms with Gasteiger partial charge >= 0.3 is 11.9 Å². The van der Waals surface area contributed by atoms with Crippen molar-refractivity contribution in [3.63, 3.8) is 0 Å². The van der Waals surface area contributed by atoms with Gasteiger partial charge < -0.3 is 35.5 Å². The molecule has 3 fully saturated rings. The van der Waals surface area contributed by atoms with E-state index >= 15 is 4.39 Å². The van der Waals surface area contributed by atoms with E-state index in [4.69, 9.17) is 19.9 Å². The molecule has 0 saturated heterocycles. The lowest BCUT2D eigenvalue weighted by Gasteiger charge is -2.59. The number of Topliss-reactive ketones (excluding diaryl/α,β-unsaturated/α-hetero) is 1. The zero-order chi connectivity index (χ0) is 44.7. The molecule has 13 nitrogen and oxygen atoms in total. The van der Waals surface area contributed by atoms with E-state index in [-0.39, 0.29) is 42.6 Å². The Bertz CT molecular complexity index is 2510. The maximum Gasteiger partial charge on any atom is 0.344 e. The van der Waals surface area contributed by atoms with Crippen LogP contribution in [0.25, 0.3) is 10.8 Å². The number of aromatic nitrogens is 1. The summed E-state index contributed by atoms with van der Waals surface area (Å²) in [5, 5.41) is 28.2. The molecule has 4 aliphatic rings. The van der Waals surface area contributed by atoms with Crippen molar-refractivity contribution in [1.29, 1.82) is 0 Å². The lowest BCUT2D eigenvalue weighted by Crippen LogP contribution is -2.66. The number of fused-ring (bicyclic) bond motifs is 6. The molecule has 0 radical (unpaired) electrons. The first-order chi connectivity index (χ1) is 30.1.